The Kier molecular flexibility index (Phi) is 4.50. The average molecular weight is 358 g/mol. The third-order valence-electron chi connectivity index (χ3n) is 5.10. The number of carbonyl (C=O) groups is 3. The van der Waals surface area contributed by atoms with Gasteiger partial charge in [0.1, 0.15) is 12.6 Å². The summed E-state index contributed by atoms with van der Waals surface area (Å²) in [5.41, 5.74) is 5.89. The molecule has 1 aromatic rings. The van der Waals surface area contributed by atoms with Crippen molar-refractivity contribution in [2.24, 2.45) is 5.92 Å². The molecule has 0 aromatic heterocycles. The highest BCUT2D eigenvalue weighted by molar-refractivity contribution is 5.90. The molecule has 2 bridgehead atoms. The van der Waals surface area contributed by atoms with E-state index in [1.54, 1.807) is 0 Å². The SMILES string of the molecule is O=C(NNC(=O)[C@H]1CC[C@H]2CN1C(=O)N2OCc1ccccc1)C1CC1. The maximum absolute atomic E-state index is 12.6. The fraction of sp³-hybridized carbons (Fsp3) is 0.500. The number of hydrogen-bond donors (Lipinski definition) is 2. The summed E-state index contributed by atoms with van der Waals surface area (Å²) in [5.74, 6) is -0.496. The van der Waals surface area contributed by atoms with Crippen LogP contribution in [0.1, 0.15) is 31.2 Å². The van der Waals surface area contributed by atoms with Crippen LogP contribution in [0.3, 0.4) is 0 Å². The topological polar surface area (TPSA) is 91.0 Å². The Bertz CT molecular complexity index is 706. The molecule has 1 aromatic carbocycles. The first-order chi connectivity index (χ1) is 12.6. The summed E-state index contributed by atoms with van der Waals surface area (Å²) in [6.45, 7) is 0.771. The lowest BCUT2D eigenvalue weighted by atomic mass is 10.0. The summed E-state index contributed by atoms with van der Waals surface area (Å²) in [4.78, 5) is 43.9. The van der Waals surface area contributed by atoms with Crippen LogP contribution < -0.4 is 10.9 Å². The number of benzene rings is 1. The number of nitrogens with zero attached hydrogens (tertiary/aromatic N) is 2. The molecule has 2 atom stereocenters. The Hall–Kier alpha value is -2.61. The van der Waals surface area contributed by atoms with E-state index in [0.717, 1.165) is 18.4 Å². The van der Waals surface area contributed by atoms with Crippen molar-refractivity contribution >= 4 is 17.8 Å². The smallest absolute Gasteiger partial charge is 0.309 e. The maximum atomic E-state index is 12.6. The molecule has 8 heteroatoms. The van der Waals surface area contributed by atoms with Crippen LogP contribution in [0.2, 0.25) is 0 Å². The van der Waals surface area contributed by atoms with Crippen LogP contribution >= 0.6 is 0 Å². The first-order valence-corrected chi connectivity index (χ1v) is 9.00. The van der Waals surface area contributed by atoms with Gasteiger partial charge in [-0.2, -0.15) is 5.06 Å². The standard InChI is InChI=1S/C18H22N4O4/c23-16(13-6-7-13)19-20-17(24)15-9-8-14-10-21(15)18(25)22(14)26-11-12-4-2-1-3-5-12/h1-5,13-15H,6-11H2,(H,19,23)(H,20,24)/t14-,15+/m0/s1. The zero-order valence-corrected chi connectivity index (χ0v) is 14.4. The van der Waals surface area contributed by atoms with Crippen molar-refractivity contribution in [2.45, 2.75) is 44.4 Å². The van der Waals surface area contributed by atoms with Gasteiger partial charge in [-0.3, -0.25) is 25.3 Å². The van der Waals surface area contributed by atoms with Crippen molar-refractivity contribution in [3.8, 4) is 0 Å². The van der Waals surface area contributed by atoms with Gasteiger partial charge in [-0.25, -0.2) is 4.79 Å². The molecule has 2 N–H and O–H groups in total. The van der Waals surface area contributed by atoms with Gasteiger partial charge < -0.3 is 4.90 Å². The normalized spacial score (nSPS) is 24.5. The van der Waals surface area contributed by atoms with E-state index in [2.05, 4.69) is 10.9 Å². The summed E-state index contributed by atoms with van der Waals surface area (Å²) in [7, 11) is 0. The van der Waals surface area contributed by atoms with Gasteiger partial charge >= 0.3 is 6.03 Å². The fourth-order valence-electron chi connectivity index (χ4n) is 3.44. The Morgan fingerprint density at radius 1 is 1.04 bits per heavy atom. The van der Waals surface area contributed by atoms with Crippen molar-refractivity contribution in [1.82, 2.24) is 20.8 Å². The minimum atomic E-state index is -0.580. The molecular weight excluding hydrogens is 336 g/mol. The Balaban J connectivity index is 1.33. The number of amides is 4. The second kappa shape index (κ2) is 6.95. The first kappa shape index (κ1) is 16.8. The predicted molar refractivity (Wildman–Crippen MR) is 91.0 cm³/mol. The zero-order chi connectivity index (χ0) is 18.1. The molecule has 2 saturated heterocycles. The van der Waals surface area contributed by atoms with Crippen LogP contribution in [-0.2, 0) is 21.0 Å². The second-order valence-electron chi connectivity index (χ2n) is 7.02. The van der Waals surface area contributed by atoms with Gasteiger partial charge in [0.15, 0.2) is 0 Å². The number of fused-ring (bicyclic) bond motifs is 2. The highest BCUT2D eigenvalue weighted by atomic mass is 16.7. The number of carbonyl (C=O) groups excluding carboxylic acids is 3. The van der Waals surface area contributed by atoms with Gasteiger partial charge in [0.25, 0.3) is 5.91 Å². The van der Waals surface area contributed by atoms with Crippen LogP contribution in [-0.4, -0.2) is 46.4 Å². The van der Waals surface area contributed by atoms with E-state index in [9.17, 15) is 14.4 Å². The third-order valence-corrected chi connectivity index (χ3v) is 5.10. The Labute approximate surface area is 151 Å². The molecule has 0 unspecified atom stereocenters. The van der Waals surface area contributed by atoms with Crippen molar-refractivity contribution in [2.75, 3.05) is 6.54 Å². The lowest BCUT2D eigenvalue weighted by Crippen LogP contribution is -2.54. The second-order valence-corrected chi connectivity index (χ2v) is 7.02. The number of nitrogens with one attached hydrogen (secondary N) is 2. The molecule has 0 spiro atoms. The predicted octanol–water partition coefficient (Wildman–Crippen LogP) is 0.944. The minimum Gasteiger partial charge on any atom is -0.309 e. The van der Waals surface area contributed by atoms with Gasteiger partial charge in [-0.1, -0.05) is 30.3 Å². The summed E-state index contributed by atoms with van der Waals surface area (Å²) in [6, 6.07) is 8.72. The number of hydroxylamine groups is 2. The van der Waals surface area contributed by atoms with Gasteiger partial charge in [0.05, 0.1) is 6.04 Å². The number of urea groups is 1. The van der Waals surface area contributed by atoms with E-state index in [-0.39, 0.29) is 29.8 Å². The summed E-state index contributed by atoms with van der Waals surface area (Å²) in [6.07, 6.45) is 2.97. The highest BCUT2D eigenvalue weighted by Crippen LogP contribution is 2.31. The minimum absolute atomic E-state index is 0.0151. The highest BCUT2D eigenvalue weighted by Gasteiger charge is 2.48. The molecule has 138 valence electrons. The molecule has 1 aliphatic carbocycles. The molecule has 3 fully saturated rings. The molecule has 4 rings (SSSR count). The van der Waals surface area contributed by atoms with Crippen LogP contribution in [0.25, 0.3) is 0 Å². The Morgan fingerprint density at radius 2 is 1.77 bits per heavy atom. The molecule has 2 aliphatic heterocycles. The molecule has 4 amide bonds. The van der Waals surface area contributed by atoms with E-state index < -0.39 is 6.04 Å². The molecule has 1 saturated carbocycles. The van der Waals surface area contributed by atoms with Gasteiger partial charge in [0.2, 0.25) is 5.91 Å². The van der Waals surface area contributed by atoms with Gasteiger partial charge in [-0.05, 0) is 31.2 Å². The summed E-state index contributed by atoms with van der Waals surface area (Å²) >= 11 is 0. The molecule has 8 nitrogen and oxygen atoms in total. The average Bonchev–Trinajstić information content (AvgIpc) is 3.48. The van der Waals surface area contributed by atoms with E-state index in [1.165, 1.54) is 9.96 Å². The lowest BCUT2D eigenvalue weighted by molar-refractivity contribution is -0.140. The Morgan fingerprint density at radius 3 is 2.50 bits per heavy atom. The monoisotopic (exact) mass is 358 g/mol. The number of piperidine rings is 1. The van der Waals surface area contributed by atoms with Crippen molar-refractivity contribution in [1.29, 1.82) is 0 Å². The largest absolute Gasteiger partial charge is 0.345 e. The molecule has 26 heavy (non-hydrogen) atoms. The van der Waals surface area contributed by atoms with Gasteiger partial charge in [0, 0.05) is 12.5 Å². The zero-order valence-electron chi connectivity index (χ0n) is 14.4. The quantitative estimate of drug-likeness (QED) is 0.767. The van der Waals surface area contributed by atoms with E-state index in [0.29, 0.717) is 26.0 Å². The lowest BCUT2D eigenvalue weighted by Gasteiger charge is -2.29. The van der Waals surface area contributed by atoms with Crippen molar-refractivity contribution in [3.05, 3.63) is 35.9 Å². The molecule has 3 aliphatic rings. The molecular formula is C18H22N4O4. The first-order valence-electron chi connectivity index (χ1n) is 9.00. The van der Waals surface area contributed by atoms with Crippen LogP contribution in [0, 0.1) is 5.92 Å². The van der Waals surface area contributed by atoms with Crippen LogP contribution in [0.5, 0.6) is 0 Å². The summed E-state index contributed by atoms with van der Waals surface area (Å²) < 4.78 is 0. The van der Waals surface area contributed by atoms with E-state index in [1.807, 2.05) is 30.3 Å². The maximum Gasteiger partial charge on any atom is 0.345 e. The number of hydrazine groups is 1. The van der Waals surface area contributed by atoms with E-state index >= 15 is 0 Å². The van der Waals surface area contributed by atoms with Crippen LogP contribution in [0.4, 0.5) is 4.79 Å². The van der Waals surface area contributed by atoms with Crippen molar-refractivity contribution in [3.63, 3.8) is 0 Å². The molecule has 2 heterocycles. The third kappa shape index (κ3) is 3.37. The van der Waals surface area contributed by atoms with Crippen LogP contribution in [0.15, 0.2) is 30.3 Å². The molecule has 0 radical (unpaired) electrons. The fourth-order valence-corrected chi connectivity index (χ4v) is 3.44. The summed E-state index contributed by atoms with van der Waals surface area (Å²) in [5, 5.41) is 1.39. The van der Waals surface area contributed by atoms with E-state index in [4.69, 9.17) is 4.84 Å². The number of rotatable bonds is 5. The van der Waals surface area contributed by atoms with Crippen molar-refractivity contribution < 1.29 is 19.2 Å². The number of hydrogen-bond acceptors (Lipinski definition) is 4. The van der Waals surface area contributed by atoms with Gasteiger partial charge in [-0.15, -0.1) is 0 Å².